The summed E-state index contributed by atoms with van der Waals surface area (Å²) in [6.07, 6.45) is 5.98. The fourth-order valence-corrected chi connectivity index (χ4v) is 5.26. The van der Waals surface area contributed by atoms with Crippen molar-refractivity contribution in [3.05, 3.63) is 75.9 Å². The van der Waals surface area contributed by atoms with E-state index < -0.39 is 0 Å². The van der Waals surface area contributed by atoms with E-state index in [2.05, 4.69) is 43.3 Å². The molecule has 10 nitrogen and oxygen atoms in total. The molecule has 0 atom stereocenters. The fraction of sp³-hybridized carbons (Fsp3) is 0.167. The topological polar surface area (TPSA) is 106 Å². The molecule has 1 aliphatic heterocycles. The minimum absolute atomic E-state index is 0.249. The molecule has 0 aliphatic carbocycles. The fourth-order valence-electron chi connectivity index (χ4n) is 4.62. The molecule has 0 radical (unpaired) electrons. The first-order valence-electron chi connectivity index (χ1n) is 11.2. The number of aromatic nitrogens is 7. The van der Waals surface area contributed by atoms with Crippen molar-refractivity contribution >= 4 is 50.6 Å². The highest BCUT2D eigenvalue weighted by Crippen LogP contribution is 2.26. The van der Waals surface area contributed by atoms with Gasteiger partial charge in [-0.2, -0.15) is 9.50 Å². The van der Waals surface area contributed by atoms with Crippen LogP contribution in [0.4, 0.5) is 11.6 Å². The van der Waals surface area contributed by atoms with Gasteiger partial charge in [0.2, 0.25) is 11.1 Å². The molecule has 0 saturated carbocycles. The summed E-state index contributed by atoms with van der Waals surface area (Å²) in [6, 6.07) is 9.84. The van der Waals surface area contributed by atoms with Crippen LogP contribution in [0.3, 0.4) is 0 Å². The average molecular weight is 482 g/mol. The lowest BCUT2D eigenvalue weighted by Crippen LogP contribution is -2.27. The summed E-state index contributed by atoms with van der Waals surface area (Å²) < 4.78 is 3.35. The van der Waals surface area contributed by atoms with Crippen molar-refractivity contribution in [1.29, 1.82) is 0 Å². The highest BCUT2D eigenvalue weighted by molar-refractivity contribution is 7.12. The summed E-state index contributed by atoms with van der Waals surface area (Å²) >= 11 is 1.45. The summed E-state index contributed by atoms with van der Waals surface area (Å²) in [5.41, 5.74) is 4.58. The van der Waals surface area contributed by atoms with Crippen molar-refractivity contribution in [1.82, 2.24) is 39.0 Å². The van der Waals surface area contributed by atoms with Gasteiger partial charge in [-0.25, -0.2) is 19.6 Å². The molecule has 172 valence electrons. The van der Waals surface area contributed by atoms with E-state index in [-0.39, 0.29) is 5.56 Å². The number of thiazole rings is 1. The van der Waals surface area contributed by atoms with E-state index in [1.54, 1.807) is 21.6 Å². The standard InChI is InChI=1S/C24H19N9OS/c1-31-8-6-18-14(13-31)10-15(11-26-18)28-23-27-12-17-20(30-23)29-21-16-4-2-3-5-19(16)32(33(21)22(17)34)24-25-7-9-35-24/h2-5,7,9-12H,6,8,13H2,1H3,(H,27,28,30). The summed E-state index contributed by atoms with van der Waals surface area (Å²) in [5.74, 6) is 0.364. The molecule has 1 aliphatic rings. The van der Waals surface area contributed by atoms with E-state index >= 15 is 0 Å². The molecule has 0 fully saturated rings. The van der Waals surface area contributed by atoms with Crippen LogP contribution in [-0.4, -0.2) is 52.6 Å². The molecule has 0 saturated heterocycles. The molecule has 0 bridgehead atoms. The Morgan fingerprint density at radius 1 is 1.06 bits per heavy atom. The Morgan fingerprint density at radius 2 is 1.97 bits per heavy atom. The molecule has 0 unspecified atom stereocenters. The number of pyridine rings is 1. The third kappa shape index (κ3) is 3.20. The Bertz CT molecular complexity index is 1810. The monoisotopic (exact) mass is 481 g/mol. The van der Waals surface area contributed by atoms with E-state index in [0.717, 1.165) is 41.8 Å². The zero-order valence-electron chi connectivity index (χ0n) is 18.7. The minimum Gasteiger partial charge on any atom is -0.323 e. The molecule has 6 heterocycles. The van der Waals surface area contributed by atoms with Crippen LogP contribution in [0.1, 0.15) is 11.3 Å². The Balaban J connectivity index is 1.37. The number of nitrogens with one attached hydrogen (secondary N) is 1. The van der Waals surface area contributed by atoms with Crippen LogP contribution in [0.2, 0.25) is 0 Å². The number of hydrogen-bond acceptors (Lipinski definition) is 9. The molecule has 1 aromatic carbocycles. The van der Waals surface area contributed by atoms with Crippen molar-refractivity contribution in [2.75, 3.05) is 18.9 Å². The zero-order valence-corrected chi connectivity index (χ0v) is 19.5. The largest absolute Gasteiger partial charge is 0.323 e. The Morgan fingerprint density at radius 3 is 2.86 bits per heavy atom. The van der Waals surface area contributed by atoms with Gasteiger partial charge in [0, 0.05) is 48.4 Å². The SMILES string of the molecule is CN1CCc2ncc(Nc3ncc4c(=O)n5c(nc4n3)c3ccccc3n5-c3nccs3)cc2C1. The maximum atomic E-state index is 13.6. The van der Waals surface area contributed by atoms with E-state index in [1.807, 2.05) is 29.6 Å². The van der Waals surface area contributed by atoms with Crippen LogP contribution in [0.15, 0.2) is 59.1 Å². The molecule has 5 aromatic heterocycles. The van der Waals surface area contributed by atoms with Gasteiger partial charge in [-0.05, 0) is 30.8 Å². The van der Waals surface area contributed by atoms with Crippen molar-refractivity contribution in [2.24, 2.45) is 0 Å². The van der Waals surface area contributed by atoms with Crippen LogP contribution >= 0.6 is 11.3 Å². The number of likely N-dealkylation sites (N-methyl/N-ethyl adjacent to an activating group) is 1. The number of nitrogens with zero attached hydrogens (tertiary/aromatic N) is 8. The molecule has 35 heavy (non-hydrogen) atoms. The second kappa shape index (κ2) is 7.65. The predicted octanol–water partition coefficient (Wildman–Crippen LogP) is 3.16. The van der Waals surface area contributed by atoms with Gasteiger partial charge in [-0.15, -0.1) is 11.3 Å². The lowest BCUT2D eigenvalue weighted by atomic mass is 10.1. The van der Waals surface area contributed by atoms with Crippen molar-refractivity contribution < 1.29 is 0 Å². The normalized spacial score (nSPS) is 14.1. The van der Waals surface area contributed by atoms with E-state index in [1.165, 1.54) is 23.1 Å². The van der Waals surface area contributed by atoms with Crippen molar-refractivity contribution in [3.8, 4) is 5.13 Å². The Hall–Kier alpha value is -4.22. The minimum atomic E-state index is -0.249. The van der Waals surface area contributed by atoms with Crippen LogP contribution < -0.4 is 10.9 Å². The number of fused-ring (bicyclic) bond motifs is 5. The quantitative estimate of drug-likeness (QED) is 0.411. The maximum Gasteiger partial charge on any atom is 0.284 e. The van der Waals surface area contributed by atoms with Crippen LogP contribution in [0.5, 0.6) is 0 Å². The molecule has 6 aromatic rings. The second-order valence-electron chi connectivity index (χ2n) is 8.57. The molecule has 1 N–H and O–H groups in total. The van der Waals surface area contributed by atoms with Gasteiger partial charge in [0.05, 0.1) is 17.4 Å². The predicted molar refractivity (Wildman–Crippen MR) is 135 cm³/mol. The highest BCUT2D eigenvalue weighted by atomic mass is 32.1. The van der Waals surface area contributed by atoms with E-state index in [4.69, 9.17) is 4.98 Å². The molecular formula is C24H19N9OS. The average Bonchev–Trinajstić information content (AvgIpc) is 3.50. The molecule has 0 amide bonds. The number of para-hydroxylation sites is 1. The maximum absolute atomic E-state index is 13.6. The van der Waals surface area contributed by atoms with E-state index in [9.17, 15) is 4.79 Å². The Kier molecular flexibility index (Phi) is 4.41. The molecular weight excluding hydrogens is 462 g/mol. The zero-order chi connectivity index (χ0) is 23.5. The first-order valence-corrected chi connectivity index (χ1v) is 12.1. The summed E-state index contributed by atoms with van der Waals surface area (Å²) in [4.78, 5) is 38.7. The van der Waals surface area contributed by atoms with Crippen molar-refractivity contribution in [3.63, 3.8) is 0 Å². The summed E-state index contributed by atoms with van der Waals surface area (Å²) in [7, 11) is 2.10. The van der Waals surface area contributed by atoms with Crippen LogP contribution in [0, 0.1) is 0 Å². The number of hydrogen-bond donors (Lipinski definition) is 1. The highest BCUT2D eigenvalue weighted by Gasteiger charge is 2.19. The summed E-state index contributed by atoms with van der Waals surface area (Å²) in [5, 5.41) is 6.97. The second-order valence-corrected chi connectivity index (χ2v) is 9.44. The first kappa shape index (κ1) is 20.2. The number of rotatable bonds is 3. The lowest BCUT2D eigenvalue weighted by Gasteiger charge is -2.24. The third-order valence-corrected chi connectivity index (χ3v) is 7.01. The van der Waals surface area contributed by atoms with Gasteiger partial charge in [0.15, 0.2) is 11.3 Å². The van der Waals surface area contributed by atoms with Gasteiger partial charge in [0.25, 0.3) is 5.56 Å². The van der Waals surface area contributed by atoms with Gasteiger partial charge in [0.1, 0.15) is 5.39 Å². The summed E-state index contributed by atoms with van der Waals surface area (Å²) in [6.45, 7) is 1.87. The molecule has 7 rings (SSSR count). The van der Waals surface area contributed by atoms with Gasteiger partial charge in [-0.1, -0.05) is 12.1 Å². The molecule has 11 heteroatoms. The van der Waals surface area contributed by atoms with Gasteiger partial charge >= 0.3 is 0 Å². The number of anilines is 2. The van der Waals surface area contributed by atoms with Crippen LogP contribution in [-0.2, 0) is 13.0 Å². The first-order chi connectivity index (χ1) is 17.2. The van der Waals surface area contributed by atoms with Gasteiger partial charge < -0.3 is 10.2 Å². The van der Waals surface area contributed by atoms with Gasteiger partial charge in [-0.3, -0.25) is 9.78 Å². The number of benzene rings is 1. The third-order valence-electron chi connectivity index (χ3n) is 6.26. The van der Waals surface area contributed by atoms with Crippen molar-refractivity contribution in [2.45, 2.75) is 13.0 Å². The smallest absolute Gasteiger partial charge is 0.284 e. The van der Waals surface area contributed by atoms with Crippen LogP contribution in [0.25, 0.3) is 32.7 Å². The lowest BCUT2D eigenvalue weighted by molar-refractivity contribution is 0.310. The molecule has 0 spiro atoms. The Labute approximate surface area is 202 Å². The van der Waals surface area contributed by atoms with E-state index in [0.29, 0.717) is 27.8 Å².